The lowest BCUT2D eigenvalue weighted by Gasteiger charge is -2.13. The maximum atomic E-state index is 9.70. The molecule has 0 aliphatic carbocycles. The van der Waals surface area contributed by atoms with Crippen LogP contribution in [0.15, 0.2) is 60.8 Å². The summed E-state index contributed by atoms with van der Waals surface area (Å²) in [7, 11) is 0. The van der Waals surface area contributed by atoms with Gasteiger partial charge in [0, 0.05) is 23.0 Å². The molecule has 0 saturated carbocycles. The molecule has 2 heteroatoms. The largest absolute Gasteiger partial charge is 0.395 e. The Hall–Kier alpha value is -2.06. The number of aromatic nitrogens is 1. The zero-order valence-electron chi connectivity index (χ0n) is 12.0. The highest BCUT2D eigenvalue weighted by Crippen LogP contribution is 2.30. The molecule has 2 N–H and O–H groups in total. The Morgan fingerprint density at radius 1 is 0.950 bits per heavy atom. The van der Waals surface area contributed by atoms with Gasteiger partial charge in [-0.25, -0.2) is 0 Å². The normalized spacial score (nSPS) is 11.8. The van der Waals surface area contributed by atoms with Gasteiger partial charge >= 0.3 is 0 Å². The minimum absolute atomic E-state index is 0.0300. The van der Waals surface area contributed by atoms with E-state index in [1.165, 1.54) is 5.39 Å². The summed E-state index contributed by atoms with van der Waals surface area (Å²) in [5, 5.41) is 10.9. The summed E-state index contributed by atoms with van der Waals surface area (Å²) in [6.07, 6.45) is 2.00. The fourth-order valence-corrected chi connectivity index (χ4v) is 2.45. The highest BCUT2D eigenvalue weighted by Gasteiger charge is 2.16. The van der Waals surface area contributed by atoms with Crippen molar-refractivity contribution in [2.45, 2.75) is 19.8 Å². The number of para-hydroxylation sites is 1. The van der Waals surface area contributed by atoms with Gasteiger partial charge in [-0.2, -0.15) is 0 Å². The van der Waals surface area contributed by atoms with E-state index in [2.05, 4.69) is 29.2 Å². The molecule has 3 aromatic rings. The van der Waals surface area contributed by atoms with Crippen molar-refractivity contribution in [2.24, 2.45) is 0 Å². The number of hydrogen-bond donors (Lipinski definition) is 2. The van der Waals surface area contributed by atoms with Gasteiger partial charge in [0.1, 0.15) is 0 Å². The summed E-state index contributed by atoms with van der Waals surface area (Å²) in [5.41, 5.74) is 3.41. The predicted octanol–water partition coefficient (Wildman–Crippen LogP) is 4.32. The zero-order chi connectivity index (χ0) is 14.4. The smallest absolute Gasteiger partial charge is 0.0541 e. The summed E-state index contributed by atoms with van der Waals surface area (Å²) in [6.45, 7) is 4.12. The molecule has 0 bridgehead atoms. The lowest BCUT2D eigenvalue weighted by atomic mass is 9.92. The molecule has 0 amide bonds. The molecule has 0 saturated heterocycles. The van der Waals surface area contributed by atoms with Crippen LogP contribution in [0.1, 0.15) is 30.9 Å². The molecule has 104 valence electrons. The van der Waals surface area contributed by atoms with Gasteiger partial charge in [0.25, 0.3) is 0 Å². The molecular weight excluding hydrogens is 246 g/mol. The first-order valence-electron chi connectivity index (χ1n) is 7.12. The van der Waals surface area contributed by atoms with Crippen molar-refractivity contribution in [3.8, 4) is 0 Å². The monoisotopic (exact) mass is 267 g/mol. The van der Waals surface area contributed by atoms with Gasteiger partial charge in [-0.05, 0) is 17.2 Å². The molecule has 1 heterocycles. The van der Waals surface area contributed by atoms with Gasteiger partial charge in [0.15, 0.2) is 0 Å². The Labute approximate surface area is 120 Å². The van der Waals surface area contributed by atoms with Crippen LogP contribution in [-0.2, 0) is 0 Å². The zero-order valence-corrected chi connectivity index (χ0v) is 12.0. The van der Waals surface area contributed by atoms with Crippen LogP contribution in [0, 0.1) is 0 Å². The number of hydrogen-bond acceptors (Lipinski definition) is 1. The average Bonchev–Trinajstić information content (AvgIpc) is 2.95. The number of aliphatic hydroxyl groups is 1. The van der Waals surface area contributed by atoms with E-state index in [0.717, 1.165) is 16.6 Å². The van der Waals surface area contributed by atoms with Crippen LogP contribution in [0.5, 0.6) is 0 Å². The van der Waals surface area contributed by atoms with E-state index in [1.54, 1.807) is 0 Å². The van der Waals surface area contributed by atoms with Crippen LogP contribution in [0.3, 0.4) is 0 Å². The van der Waals surface area contributed by atoms with Crippen molar-refractivity contribution in [2.75, 3.05) is 6.61 Å². The highest BCUT2D eigenvalue weighted by atomic mass is 16.3. The van der Waals surface area contributed by atoms with Crippen molar-refractivity contribution >= 4 is 10.9 Å². The highest BCUT2D eigenvalue weighted by molar-refractivity contribution is 5.84. The number of benzene rings is 2. The Kier molecular flexibility index (Phi) is 4.97. The van der Waals surface area contributed by atoms with E-state index in [-0.39, 0.29) is 12.5 Å². The molecule has 0 aliphatic heterocycles. The summed E-state index contributed by atoms with van der Waals surface area (Å²) in [4.78, 5) is 3.26. The molecule has 2 aromatic carbocycles. The SMILES string of the molecule is CC.OCC(c1ccccc1)c1c[nH]c2ccccc12. The van der Waals surface area contributed by atoms with Crippen molar-refractivity contribution in [3.63, 3.8) is 0 Å². The Balaban J connectivity index is 0.000000704. The van der Waals surface area contributed by atoms with Crippen LogP contribution >= 0.6 is 0 Å². The van der Waals surface area contributed by atoms with E-state index < -0.39 is 0 Å². The predicted molar refractivity (Wildman–Crippen MR) is 85.0 cm³/mol. The first kappa shape index (κ1) is 14.4. The van der Waals surface area contributed by atoms with E-state index in [4.69, 9.17) is 0 Å². The van der Waals surface area contributed by atoms with Crippen LogP contribution in [0.4, 0.5) is 0 Å². The van der Waals surface area contributed by atoms with Crippen LogP contribution in [-0.4, -0.2) is 16.7 Å². The van der Waals surface area contributed by atoms with E-state index in [1.807, 2.05) is 50.4 Å². The molecule has 3 rings (SSSR count). The molecule has 0 radical (unpaired) electrons. The lowest BCUT2D eigenvalue weighted by Crippen LogP contribution is -2.05. The number of aliphatic hydroxyl groups excluding tert-OH is 1. The molecule has 20 heavy (non-hydrogen) atoms. The molecule has 2 nitrogen and oxygen atoms in total. The Morgan fingerprint density at radius 2 is 1.60 bits per heavy atom. The number of fused-ring (bicyclic) bond motifs is 1. The number of nitrogens with one attached hydrogen (secondary N) is 1. The third-order valence-electron chi connectivity index (χ3n) is 3.38. The molecular formula is C18H21NO. The topological polar surface area (TPSA) is 36.0 Å². The lowest BCUT2D eigenvalue weighted by molar-refractivity contribution is 0.281. The van der Waals surface area contributed by atoms with Crippen molar-refractivity contribution in [1.82, 2.24) is 4.98 Å². The number of H-pyrrole nitrogens is 1. The second kappa shape index (κ2) is 6.92. The van der Waals surface area contributed by atoms with Crippen molar-refractivity contribution in [1.29, 1.82) is 0 Å². The summed E-state index contributed by atoms with van der Waals surface area (Å²) < 4.78 is 0. The van der Waals surface area contributed by atoms with E-state index in [0.29, 0.717) is 0 Å². The number of aromatic amines is 1. The van der Waals surface area contributed by atoms with Crippen molar-refractivity contribution in [3.05, 3.63) is 71.9 Å². The minimum atomic E-state index is 0.0300. The quantitative estimate of drug-likeness (QED) is 0.728. The van der Waals surface area contributed by atoms with Gasteiger partial charge in [-0.3, -0.25) is 0 Å². The molecule has 1 aromatic heterocycles. The molecule has 0 aliphatic rings. The standard InChI is InChI=1S/C16H15NO.C2H6/c18-11-15(12-6-2-1-3-7-12)14-10-17-16-9-5-4-8-13(14)16;1-2/h1-10,15,17-18H,11H2;1-2H3. The fourth-order valence-electron chi connectivity index (χ4n) is 2.45. The van der Waals surface area contributed by atoms with Crippen molar-refractivity contribution < 1.29 is 5.11 Å². The van der Waals surface area contributed by atoms with Gasteiger partial charge < -0.3 is 10.1 Å². The third-order valence-corrected chi connectivity index (χ3v) is 3.38. The second-order valence-electron chi connectivity index (χ2n) is 4.44. The van der Waals surface area contributed by atoms with E-state index >= 15 is 0 Å². The van der Waals surface area contributed by atoms with Crippen LogP contribution < -0.4 is 0 Å². The maximum Gasteiger partial charge on any atom is 0.0541 e. The molecule has 0 fully saturated rings. The molecule has 1 atom stereocenters. The second-order valence-corrected chi connectivity index (χ2v) is 4.44. The van der Waals surface area contributed by atoms with Crippen LogP contribution in [0.2, 0.25) is 0 Å². The fraction of sp³-hybridized carbons (Fsp3) is 0.222. The van der Waals surface area contributed by atoms with E-state index in [9.17, 15) is 5.11 Å². The summed E-state index contributed by atoms with van der Waals surface area (Å²) in [6, 6.07) is 18.3. The minimum Gasteiger partial charge on any atom is -0.395 e. The Morgan fingerprint density at radius 3 is 2.30 bits per heavy atom. The first-order valence-corrected chi connectivity index (χ1v) is 7.12. The maximum absolute atomic E-state index is 9.70. The van der Waals surface area contributed by atoms with Gasteiger partial charge in [-0.1, -0.05) is 62.4 Å². The van der Waals surface area contributed by atoms with Gasteiger partial charge in [-0.15, -0.1) is 0 Å². The average molecular weight is 267 g/mol. The molecule has 0 spiro atoms. The summed E-state index contributed by atoms with van der Waals surface area (Å²) >= 11 is 0. The summed E-state index contributed by atoms with van der Waals surface area (Å²) in [5.74, 6) is 0.0300. The van der Waals surface area contributed by atoms with Gasteiger partial charge in [0.05, 0.1) is 6.61 Å². The van der Waals surface area contributed by atoms with Gasteiger partial charge in [0.2, 0.25) is 0 Å². The van der Waals surface area contributed by atoms with Crippen LogP contribution in [0.25, 0.3) is 10.9 Å². The first-order chi connectivity index (χ1) is 9.90. The third kappa shape index (κ3) is 2.75. The Bertz CT molecular complexity index is 643. The molecule has 1 unspecified atom stereocenters. The number of rotatable bonds is 3.